The third-order valence-corrected chi connectivity index (χ3v) is 5.91. The van der Waals surface area contributed by atoms with E-state index in [9.17, 15) is 9.18 Å². The van der Waals surface area contributed by atoms with Crippen LogP contribution in [0.15, 0.2) is 88.5 Å². The molecule has 1 atom stereocenters. The van der Waals surface area contributed by atoms with E-state index >= 15 is 0 Å². The summed E-state index contributed by atoms with van der Waals surface area (Å²) in [6.07, 6.45) is 0. The molecule has 0 fully saturated rings. The van der Waals surface area contributed by atoms with Crippen molar-refractivity contribution >= 4 is 23.4 Å². The largest absolute Gasteiger partial charge is 0.489 e. The fraction of sp³-hybridized carbons (Fsp3) is 0.125. The van der Waals surface area contributed by atoms with Crippen molar-refractivity contribution in [2.45, 2.75) is 11.3 Å². The van der Waals surface area contributed by atoms with Gasteiger partial charge in [-0.2, -0.15) is 0 Å². The van der Waals surface area contributed by atoms with Crippen molar-refractivity contribution in [1.29, 1.82) is 0 Å². The smallest absolute Gasteiger partial charge is 0.277 e. The Morgan fingerprint density at radius 3 is 2.56 bits per heavy atom. The SMILES string of the molecule is O=C(CSc1nnc(-c2ccc(F)cc2)o1)N1c2ccccc2OC[C@@H]1c1ccccc1. The lowest BCUT2D eigenvalue weighted by Crippen LogP contribution is -2.42. The van der Waals surface area contributed by atoms with Crippen LogP contribution in [0.5, 0.6) is 5.75 Å². The van der Waals surface area contributed by atoms with E-state index in [1.807, 2.05) is 54.6 Å². The van der Waals surface area contributed by atoms with Gasteiger partial charge in [-0.05, 0) is 42.0 Å². The minimum absolute atomic E-state index is 0.0962. The number of rotatable bonds is 5. The fourth-order valence-electron chi connectivity index (χ4n) is 3.59. The van der Waals surface area contributed by atoms with Gasteiger partial charge in [0.1, 0.15) is 18.2 Å². The van der Waals surface area contributed by atoms with E-state index in [-0.39, 0.29) is 34.6 Å². The molecule has 1 aliphatic rings. The number of amides is 1. The fourth-order valence-corrected chi connectivity index (χ4v) is 4.21. The Balaban J connectivity index is 1.36. The van der Waals surface area contributed by atoms with E-state index in [1.54, 1.807) is 17.0 Å². The molecule has 32 heavy (non-hydrogen) atoms. The molecule has 6 nitrogen and oxygen atoms in total. The number of fused-ring (bicyclic) bond motifs is 1. The second-order valence-electron chi connectivity index (χ2n) is 7.14. The van der Waals surface area contributed by atoms with Crippen molar-refractivity contribution in [3.63, 3.8) is 0 Å². The molecule has 1 aliphatic heterocycles. The number of hydrogen-bond acceptors (Lipinski definition) is 6. The van der Waals surface area contributed by atoms with Crippen molar-refractivity contribution in [2.75, 3.05) is 17.3 Å². The van der Waals surface area contributed by atoms with Crippen LogP contribution in [-0.4, -0.2) is 28.5 Å². The summed E-state index contributed by atoms with van der Waals surface area (Å²) in [5.41, 5.74) is 2.34. The average molecular weight is 447 g/mol. The van der Waals surface area contributed by atoms with Gasteiger partial charge in [0, 0.05) is 5.56 Å². The lowest BCUT2D eigenvalue weighted by molar-refractivity contribution is -0.117. The lowest BCUT2D eigenvalue weighted by Gasteiger charge is -2.37. The molecular formula is C24H18FN3O3S. The van der Waals surface area contributed by atoms with Gasteiger partial charge in [0.15, 0.2) is 0 Å². The monoisotopic (exact) mass is 447 g/mol. The first-order valence-electron chi connectivity index (χ1n) is 10.00. The quantitative estimate of drug-likeness (QED) is 0.395. The molecule has 160 valence electrons. The van der Waals surface area contributed by atoms with Crippen molar-refractivity contribution in [3.05, 3.63) is 90.2 Å². The molecule has 1 amide bonds. The Bertz CT molecular complexity index is 1230. The third kappa shape index (κ3) is 4.09. The molecular weight excluding hydrogens is 429 g/mol. The number of thioether (sulfide) groups is 1. The highest BCUT2D eigenvalue weighted by Crippen LogP contribution is 2.39. The Morgan fingerprint density at radius 2 is 1.75 bits per heavy atom. The van der Waals surface area contributed by atoms with Crippen LogP contribution in [0.25, 0.3) is 11.5 Å². The highest BCUT2D eigenvalue weighted by molar-refractivity contribution is 7.99. The van der Waals surface area contributed by atoms with Gasteiger partial charge in [-0.1, -0.05) is 54.2 Å². The van der Waals surface area contributed by atoms with Crippen LogP contribution in [0.3, 0.4) is 0 Å². The minimum atomic E-state index is -0.341. The number of halogens is 1. The summed E-state index contributed by atoms with van der Waals surface area (Å²) in [7, 11) is 0. The number of aromatic nitrogens is 2. The molecule has 3 aromatic carbocycles. The van der Waals surface area contributed by atoms with E-state index in [4.69, 9.17) is 9.15 Å². The summed E-state index contributed by atoms with van der Waals surface area (Å²) >= 11 is 1.17. The van der Waals surface area contributed by atoms with Crippen LogP contribution < -0.4 is 9.64 Å². The maximum Gasteiger partial charge on any atom is 0.277 e. The first-order valence-corrected chi connectivity index (χ1v) is 11.0. The standard InChI is InChI=1S/C24H18FN3O3S/c25-18-12-10-17(11-13-18)23-26-27-24(31-23)32-15-22(29)28-19-8-4-5-9-21(19)30-14-20(28)16-6-2-1-3-7-16/h1-13,20H,14-15H2/t20-/m1/s1. The first-order chi connectivity index (χ1) is 15.7. The molecule has 0 bridgehead atoms. The second-order valence-corrected chi connectivity index (χ2v) is 8.06. The maximum absolute atomic E-state index is 13.4. The van der Waals surface area contributed by atoms with Gasteiger partial charge in [-0.25, -0.2) is 4.39 Å². The van der Waals surface area contributed by atoms with Gasteiger partial charge in [0.05, 0.1) is 17.5 Å². The Kier molecular flexibility index (Phi) is 5.60. The molecule has 0 aliphatic carbocycles. The lowest BCUT2D eigenvalue weighted by atomic mass is 10.0. The zero-order valence-electron chi connectivity index (χ0n) is 16.8. The molecule has 2 heterocycles. The van der Waals surface area contributed by atoms with Crippen LogP contribution in [-0.2, 0) is 4.79 Å². The number of hydrogen-bond donors (Lipinski definition) is 0. The van der Waals surface area contributed by atoms with Gasteiger partial charge in [-0.15, -0.1) is 10.2 Å². The predicted octanol–water partition coefficient (Wildman–Crippen LogP) is 5.13. The predicted molar refractivity (Wildman–Crippen MR) is 119 cm³/mol. The van der Waals surface area contributed by atoms with Crippen molar-refractivity contribution in [2.24, 2.45) is 0 Å². The summed E-state index contributed by atoms with van der Waals surface area (Å²) in [5.74, 6) is 0.629. The third-order valence-electron chi connectivity index (χ3n) is 5.10. The summed E-state index contributed by atoms with van der Waals surface area (Å²) in [5, 5.41) is 8.28. The Morgan fingerprint density at radius 1 is 1.00 bits per heavy atom. The number of benzene rings is 3. The molecule has 0 saturated carbocycles. The van der Waals surface area contributed by atoms with Crippen LogP contribution in [0, 0.1) is 5.82 Å². The summed E-state index contributed by atoms with van der Waals surface area (Å²) in [6.45, 7) is 0.368. The normalized spacial score (nSPS) is 15.2. The maximum atomic E-state index is 13.4. The number of para-hydroxylation sites is 2. The van der Waals surface area contributed by atoms with Crippen LogP contribution in [0.2, 0.25) is 0 Å². The molecule has 4 aromatic rings. The average Bonchev–Trinajstić information content (AvgIpc) is 3.32. The van der Waals surface area contributed by atoms with Gasteiger partial charge in [0.2, 0.25) is 11.8 Å². The zero-order valence-corrected chi connectivity index (χ0v) is 17.7. The van der Waals surface area contributed by atoms with Crippen molar-refractivity contribution < 1.29 is 18.3 Å². The van der Waals surface area contributed by atoms with Crippen LogP contribution >= 0.6 is 11.8 Å². The molecule has 0 unspecified atom stereocenters. The Hall–Kier alpha value is -3.65. The van der Waals surface area contributed by atoms with Gasteiger partial charge in [-0.3, -0.25) is 9.69 Å². The number of ether oxygens (including phenoxy) is 1. The van der Waals surface area contributed by atoms with E-state index in [0.717, 1.165) is 11.3 Å². The number of nitrogens with zero attached hydrogens (tertiary/aromatic N) is 3. The molecule has 0 saturated heterocycles. The van der Waals surface area contributed by atoms with E-state index in [1.165, 1.54) is 23.9 Å². The topological polar surface area (TPSA) is 68.5 Å². The molecule has 0 spiro atoms. The highest BCUT2D eigenvalue weighted by Gasteiger charge is 2.33. The number of carbonyl (C=O) groups is 1. The number of carbonyl (C=O) groups excluding carboxylic acids is 1. The van der Waals surface area contributed by atoms with E-state index in [2.05, 4.69) is 10.2 Å². The summed E-state index contributed by atoms with van der Waals surface area (Å²) < 4.78 is 24.7. The number of anilines is 1. The molecule has 5 rings (SSSR count). The van der Waals surface area contributed by atoms with Gasteiger partial charge < -0.3 is 9.15 Å². The van der Waals surface area contributed by atoms with Crippen LogP contribution in [0.1, 0.15) is 11.6 Å². The zero-order chi connectivity index (χ0) is 21.9. The summed E-state index contributed by atoms with van der Waals surface area (Å²) in [6, 6.07) is 22.9. The van der Waals surface area contributed by atoms with Crippen molar-refractivity contribution in [3.8, 4) is 17.2 Å². The van der Waals surface area contributed by atoms with Crippen LogP contribution in [0.4, 0.5) is 10.1 Å². The Labute approximate surface area is 188 Å². The summed E-state index contributed by atoms with van der Waals surface area (Å²) in [4.78, 5) is 15.1. The van der Waals surface area contributed by atoms with E-state index < -0.39 is 0 Å². The highest BCUT2D eigenvalue weighted by atomic mass is 32.2. The molecule has 0 N–H and O–H groups in total. The molecule has 8 heteroatoms. The van der Waals surface area contributed by atoms with Crippen molar-refractivity contribution in [1.82, 2.24) is 10.2 Å². The first kappa shape index (κ1) is 20.3. The molecule has 0 radical (unpaired) electrons. The second kappa shape index (κ2) is 8.84. The van der Waals surface area contributed by atoms with Gasteiger partial charge in [0.25, 0.3) is 5.22 Å². The minimum Gasteiger partial charge on any atom is -0.489 e. The van der Waals surface area contributed by atoms with Gasteiger partial charge >= 0.3 is 0 Å². The van der Waals surface area contributed by atoms with E-state index in [0.29, 0.717) is 17.9 Å². The molecule has 1 aromatic heterocycles.